The fourth-order valence-corrected chi connectivity index (χ4v) is 1.98. The van der Waals surface area contributed by atoms with Gasteiger partial charge in [0.05, 0.1) is 0 Å². The summed E-state index contributed by atoms with van der Waals surface area (Å²) in [4.78, 5) is 3.96. The van der Waals surface area contributed by atoms with Gasteiger partial charge >= 0.3 is 0 Å². The SMILES string of the molecule is CCCCCCCCCCNc1ncccc1F. The Morgan fingerprint density at radius 1 is 1.06 bits per heavy atom. The van der Waals surface area contributed by atoms with Crippen LogP contribution in [0.3, 0.4) is 0 Å². The molecule has 1 heterocycles. The number of hydrogen-bond donors (Lipinski definition) is 1. The van der Waals surface area contributed by atoms with Crippen LogP contribution >= 0.6 is 0 Å². The highest BCUT2D eigenvalue weighted by molar-refractivity contribution is 5.35. The fraction of sp³-hybridized carbons (Fsp3) is 0.667. The summed E-state index contributed by atoms with van der Waals surface area (Å²) < 4.78 is 13.2. The topological polar surface area (TPSA) is 24.9 Å². The minimum atomic E-state index is -0.267. The molecule has 0 atom stereocenters. The number of rotatable bonds is 10. The van der Waals surface area contributed by atoms with Gasteiger partial charge in [-0.1, -0.05) is 51.9 Å². The van der Waals surface area contributed by atoms with Crippen molar-refractivity contribution in [2.45, 2.75) is 58.3 Å². The van der Waals surface area contributed by atoms with Gasteiger partial charge in [-0.2, -0.15) is 0 Å². The van der Waals surface area contributed by atoms with Crippen molar-refractivity contribution in [3.63, 3.8) is 0 Å². The van der Waals surface area contributed by atoms with Gasteiger partial charge in [0.2, 0.25) is 0 Å². The van der Waals surface area contributed by atoms with E-state index in [2.05, 4.69) is 17.2 Å². The van der Waals surface area contributed by atoms with Crippen molar-refractivity contribution in [1.82, 2.24) is 4.98 Å². The maximum absolute atomic E-state index is 13.2. The molecule has 0 saturated carbocycles. The van der Waals surface area contributed by atoms with Gasteiger partial charge in [0.15, 0.2) is 11.6 Å². The van der Waals surface area contributed by atoms with Crippen LogP contribution in [-0.4, -0.2) is 11.5 Å². The van der Waals surface area contributed by atoms with Crippen molar-refractivity contribution in [3.05, 3.63) is 24.1 Å². The van der Waals surface area contributed by atoms with Crippen LogP contribution < -0.4 is 5.32 Å². The smallest absolute Gasteiger partial charge is 0.165 e. The number of anilines is 1. The quantitative estimate of drug-likeness (QED) is 0.606. The predicted molar refractivity (Wildman–Crippen MR) is 75.3 cm³/mol. The summed E-state index contributed by atoms with van der Waals surface area (Å²) in [6.07, 6.45) is 11.9. The monoisotopic (exact) mass is 252 g/mol. The summed E-state index contributed by atoms with van der Waals surface area (Å²) in [5.74, 6) is 0.109. The summed E-state index contributed by atoms with van der Waals surface area (Å²) in [5.41, 5.74) is 0. The third kappa shape index (κ3) is 6.58. The molecule has 0 spiro atoms. The van der Waals surface area contributed by atoms with Crippen molar-refractivity contribution in [2.24, 2.45) is 0 Å². The lowest BCUT2D eigenvalue weighted by atomic mass is 10.1. The number of hydrogen-bond acceptors (Lipinski definition) is 2. The molecular weight excluding hydrogens is 227 g/mol. The van der Waals surface area contributed by atoms with Crippen molar-refractivity contribution in [2.75, 3.05) is 11.9 Å². The van der Waals surface area contributed by atoms with E-state index in [9.17, 15) is 4.39 Å². The van der Waals surface area contributed by atoms with Crippen LogP contribution in [-0.2, 0) is 0 Å². The number of aromatic nitrogens is 1. The van der Waals surface area contributed by atoms with Crippen LogP contribution in [0.4, 0.5) is 10.2 Å². The third-order valence-corrected chi connectivity index (χ3v) is 3.08. The first kappa shape index (κ1) is 14.9. The van der Waals surface area contributed by atoms with Crippen LogP contribution in [0.25, 0.3) is 0 Å². The molecule has 3 heteroatoms. The Kier molecular flexibility index (Phi) is 8.19. The second kappa shape index (κ2) is 9.86. The molecule has 0 aliphatic carbocycles. The molecule has 0 aromatic carbocycles. The van der Waals surface area contributed by atoms with Crippen LogP contribution in [0.15, 0.2) is 18.3 Å². The van der Waals surface area contributed by atoms with Crippen molar-refractivity contribution >= 4 is 5.82 Å². The molecule has 1 aromatic rings. The lowest BCUT2D eigenvalue weighted by molar-refractivity contribution is 0.579. The predicted octanol–water partition coefficient (Wildman–Crippen LogP) is 4.77. The molecule has 0 amide bonds. The third-order valence-electron chi connectivity index (χ3n) is 3.08. The van der Waals surface area contributed by atoms with Crippen molar-refractivity contribution in [1.29, 1.82) is 0 Å². The fourth-order valence-electron chi connectivity index (χ4n) is 1.98. The van der Waals surface area contributed by atoms with Gasteiger partial charge in [0, 0.05) is 12.7 Å². The second-order valence-corrected chi connectivity index (χ2v) is 4.74. The highest BCUT2D eigenvalue weighted by Crippen LogP contribution is 2.10. The van der Waals surface area contributed by atoms with Gasteiger partial charge in [-0.15, -0.1) is 0 Å². The Hall–Kier alpha value is -1.12. The number of unbranched alkanes of at least 4 members (excludes halogenated alkanes) is 7. The standard InChI is InChI=1S/C15H25FN2/c1-2-3-4-5-6-7-8-9-12-17-15-14(16)11-10-13-18-15/h10-11,13H,2-9,12H2,1H3,(H,17,18). The van der Waals surface area contributed by atoms with Gasteiger partial charge in [-0.3, -0.25) is 0 Å². The summed E-state index contributed by atoms with van der Waals surface area (Å²) in [6.45, 7) is 3.05. The molecule has 0 bridgehead atoms. The highest BCUT2D eigenvalue weighted by atomic mass is 19.1. The normalized spacial score (nSPS) is 10.6. The zero-order chi connectivity index (χ0) is 13.1. The van der Waals surface area contributed by atoms with Gasteiger partial charge in [0.25, 0.3) is 0 Å². The largest absolute Gasteiger partial charge is 0.368 e. The molecule has 1 N–H and O–H groups in total. The van der Waals surface area contributed by atoms with E-state index in [0.717, 1.165) is 13.0 Å². The molecule has 0 unspecified atom stereocenters. The number of nitrogens with zero attached hydrogens (tertiary/aromatic N) is 1. The minimum absolute atomic E-state index is 0.267. The van der Waals surface area contributed by atoms with Crippen LogP contribution in [0, 0.1) is 5.82 Å². The summed E-state index contributed by atoms with van der Waals surface area (Å²) in [6, 6.07) is 3.04. The summed E-state index contributed by atoms with van der Waals surface area (Å²) >= 11 is 0. The van der Waals surface area contributed by atoms with Crippen LogP contribution in [0.2, 0.25) is 0 Å². The van der Waals surface area contributed by atoms with E-state index in [-0.39, 0.29) is 5.82 Å². The molecule has 2 nitrogen and oxygen atoms in total. The Morgan fingerprint density at radius 3 is 2.39 bits per heavy atom. The van der Waals surface area contributed by atoms with Gasteiger partial charge in [-0.05, 0) is 18.6 Å². The zero-order valence-electron chi connectivity index (χ0n) is 11.4. The second-order valence-electron chi connectivity index (χ2n) is 4.74. The van der Waals surface area contributed by atoms with E-state index in [1.54, 1.807) is 12.3 Å². The minimum Gasteiger partial charge on any atom is -0.368 e. The molecule has 0 saturated heterocycles. The highest BCUT2D eigenvalue weighted by Gasteiger charge is 1.99. The van der Waals surface area contributed by atoms with E-state index in [4.69, 9.17) is 0 Å². The molecule has 102 valence electrons. The Balaban J connectivity index is 1.94. The first-order valence-corrected chi connectivity index (χ1v) is 7.19. The summed E-state index contributed by atoms with van der Waals surface area (Å²) in [5, 5.41) is 3.04. The zero-order valence-corrected chi connectivity index (χ0v) is 11.4. The summed E-state index contributed by atoms with van der Waals surface area (Å²) in [7, 11) is 0. The molecule has 1 rings (SSSR count). The Morgan fingerprint density at radius 2 is 1.72 bits per heavy atom. The van der Waals surface area contributed by atoms with Gasteiger partial charge < -0.3 is 5.32 Å². The molecular formula is C15H25FN2. The average molecular weight is 252 g/mol. The average Bonchev–Trinajstić information content (AvgIpc) is 2.39. The van der Waals surface area contributed by atoms with Crippen LogP contribution in [0.1, 0.15) is 58.3 Å². The van der Waals surface area contributed by atoms with E-state index in [0.29, 0.717) is 5.82 Å². The van der Waals surface area contributed by atoms with E-state index in [1.165, 1.54) is 51.0 Å². The first-order chi connectivity index (χ1) is 8.84. The maximum atomic E-state index is 13.2. The molecule has 0 aliphatic rings. The maximum Gasteiger partial charge on any atom is 0.165 e. The van der Waals surface area contributed by atoms with E-state index < -0.39 is 0 Å². The Labute approximate surface area is 110 Å². The lowest BCUT2D eigenvalue weighted by Crippen LogP contribution is -2.04. The molecule has 0 aliphatic heterocycles. The molecule has 18 heavy (non-hydrogen) atoms. The van der Waals surface area contributed by atoms with Gasteiger partial charge in [0.1, 0.15) is 0 Å². The van der Waals surface area contributed by atoms with Crippen molar-refractivity contribution < 1.29 is 4.39 Å². The van der Waals surface area contributed by atoms with Crippen LogP contribution in [0.5, 0.6) is 0 Å². The first-order valence-electron chi connectivity index (χ1n) is 7.19. The Bertz CT molecular complexity index is 315. The number of halogens is 1. The van der Waals surface area contributed by atoms with E-state index >= 15 is 0 Å². The van der Waals surface area contributed by atoms with Gasteiger partial charge in [-0.25, -0.2) is 9.37 Å². The van der Waals surface area contributed by atoms with E-state index in [1.807, 2.05) is 0 Å². The number of pyridine rings is 1. The molecule has 0 radical (unpaired) electrons. The number of nitrogens with one attached hydrogen (secondary N) is 1. The van der Waals surface area contributed by atoms with Crippen molar-refractivity contribution in [3.8, 4) is 0 Å². The lowest BCUT2D eigenvalue weighted by Gasteiger charge is -2.06. The molecule has 0 fully saturated rings. The molecule has 1 aromatic heterocycles.